The lowest BCUT2D eigenvalue weighted by atomic mass is 9.82. The van der Waals surface area contributed by atoms with Gasteiger partial charge in [0, 0.05) is 42.5 Å². The van der Waals surface area contributed by atoms with E-state index < -0.39 is 5.60 Å². The van der Waals surface area contributed by atoms with Gasteiger partial charge in [-0.15, -0.1) is 54.1 Å². The Morgan fingerprint density at radius 1 is 0.630 bits per heavy atom. The normalized spacial score (nSPS) is 15.4. The van der Waals surface area contributed by atoms with E-state index in [9.17, 15) is 34.3 Å². The summed E-state index contributed by atoms with van der Waals surface area (Å²) in [6.07, 6.45) is 18.2. The number of nitrogens with two attached hydrogens (primary N) is 1. The molecule has 81 heavy (non-hydrogen) atoms. The van der Waals surface area contributed by atoms with E-state index in [1.807, 2.05) is 119 Å². The van der Waals surface area contributed by atoms with Crippen molar-refractivity contribution >= 4 is 5.84 Å². The SMILES string of the molecule is C.C=C1N=C(N)C(C)=CN1C.C=CC(C(C)C)C(C)(C)ON=O.C=CC(CON=O)C(C)C.C=CC(ON=O)C(C)C.C=CC(ON=O)C(C=C)C(C)C.CC(C)C1C=CC=CC1ON=O.CC(C)CCON=O.CC(C)CON=O. The van der Waals surface area contributed by atoms with Crippen molar-refractivity contribution in [3.8, 4) is 0 Å². The van der Waals surface area contributed by atoms with Crippen molar-refractivity contribution < 1.29 is 33.9 Å². The molecule has 1 aliphatic carbocycles. The summed E-state index contributed by atoms with van der Waals surface area (Å²) in [5, 5.41) is 16.4. The molecule has 2 N–H and O–H groups in total. The molecule has 7 unspecified atom stereocenters. The molecule has 0 saturated carbocycles. The average molecular weight is 1150 g/mol. The maximum Gasteiger partial charge on any atom is 0.155 e. The summed E-state index contributed by atoms with van der Waals surface area (Å²) in [5.41, 5.74) is 5.95. The van der Waals surface area contributed by atoms with Crippen LogP contribution >= 0.6 is 0 Å². The van der Waals surface area contributed by atoms with E-state index in [1.165, 1.54) is 0 Å². The Kier molecular flexibility index (Phi) is 60.6. The van der Waals surface area contributed by atoms with Crippen molar-refractivity contribution in [1.82, 2.24) is 4.90 Å². The lowest BCUT2D eigenvalue weighted by molar-refractivity contribution is -0.0588. The van der Waals surface area contributed by atoms with Crippen molar-refractivity contribution in [3.05, 3.63) is 146 Å². The van der Waals surface area contributed by atoms with Crippen LogP contribution in [0.2, 0.25) is 0 Å². The zero-order valence-corrected chi connectivity index (χ0v) is 51.2. The van der Waals surface area contributed by atoms with E-state index in [-0.39, 0.29) is 55.3 Å². The first-order valence-electron chi connectivity index (χ1n) is 26.2. The van der Waals surface area contributed by atoms with Crippen LogP contribution in [-0.2, 0) is 33.9 Å². The first kappa shape index (κ1) is 87.6. The molecule has 0 spiro atoms. The zero-order valence-electron chi connectivity index (χ0n) is 51.2. The summed E-state index contributed by atoms with van der Waals surface area (Å²) in [6.45, 7) is 56.8. The van der Waals surface area contributed by atoms with Gasteiger partial charge < -0.3 is 44.5 Å². The highest BCUT2D eigenvalue weighted by molar-refractivity contribution is 5.97. The molecule has 0 amide bonds. The summed E-state index contributed by atoms with van der Waals surface area (Å²) in [7, 11) is 1.89. The van der Waals surface area contributed by atoms with Crippen molar-refractivity contribution in [2.75, 3.05) is 26.9 Å². The van der Waals surface area contributed by atoms with Crippen LogP contribution in [-0.4, -0.2) is 61.5 Å². The van der Waals surface area contributed by atoms with Crippen LogP contribution in [0.15, 0.2) is 154 Å². The molecule has 1 aliphatic heterocycles. The van der Waals surface area contributed by atoms with Crippen LogP contribution in [0.5, 0.6) is 0 Å². The molecule has 0 saturated heterocycles. The highest BCUT2D eigenvalue weighted by Crippen LogP contribution is 2.29. The highest BCUT2D eigenvalue weighted by Gasteiger charge is 2.32. The van der Waals surface area contributed by atoms with Crippen LogP contribution in [0.4, 0.5) is 0 Å². The smallest absolute Gasteiger partial charge is 0.155 e. The number of amidine groups is 1. The molecular weight excluding hydrogens is 1050 g/mol. The van der Waals surface area contributed by atoms with Gasteiger partial charge in [-0.3, -0.25) is 0 Å². The second-order valence-corrected chi connectivity index (χ2v) is 20.8. The number of aliphatic imine (C=N–C) groups is 1. The standard InChI is InChI=1S/C9H13NO2.C9H17NO2.C9H15NO2.C7H11N3.C7H13NO2.C6H11NO2.C5H11NO2.C4H9NO2.CH4/c1-7(2)8-5-3-4-6-9(8)12-10-11;1-6-8(7(2)3)9(4,5)12-10-11;1-5-8(7(3)4)9(6-2)12-10-11;1-5-4-10(3)6(2)9-7(5)8;1-4-7(6(2)3)5-10-8-9;1-4-6(5(2)3)9-7-8;1-5(2)3-4-8-6-7;1-4(2)3-7-5-6;/h3-9H,1-2H3;6-8H,1H2,2-5H3;5-9H,1-2H2,3-4H3;4H,2H2,1,3H3,(H2,8,9);4,6-7H,1,5H2,2-3H3;4-6H,1H2,2-3H3;5H,3-4H2,1-2H3;4H,3H2,1-2H3;1H4. The van der Waals surface area contributed by atoms with Crippen LogP contribution in [0, 0.1) is 99.4 Å². The summed E-state index contributed by atoms with van der Waals surface area (Å²) in [5.74, 6) is 4.80. The minimum absolute atomic E-state index is 0. The second kappa shape index (κ2) is 56.0. The monoisotopic (exact) mass is 1150 g/mol. The molecule has 24 nitrogen and oxygen atoms in total. The first-order chi connectivity index (χ1) is 37.5. The zero-order chi connectivity index (χ0) is 63.4. The minimum Gasteiger partial charge on any atom is -0.383 e. The van der Waals surface area contributed by atoms with Crippen molar-refractivity contribution in [2.45, 2.75) is 155 Å². The van der Waals surface area contributed by atoms with E-state index in [0.29, 0.717) is 67.0 Å². The Morgan fingerprint density at radius 2 is 1.14 bits per heavy atom. The third-order valence-corrected chi connectivity index (χ3v) is 11.2. The maximum absolute atomic E-state index is 9.96. The molecule has 0 radical (unpaired) electrons. The minimum atomic E-state index is -0.558. The van der Waals surface area contributed by atoms with Crippen molar-refractivity contribution in [2.24, 2.45) is 113 Å². The van der Waals surface area contributed by atoms with E-state index >= 15 is 0 Å². The van der Waals surface area contributed by atoms with Gasteiger partial charge in [-0.2, -0.15) is 0 Å². The van der Waals surface area contributed by atoms with E-state index in [4.69, 9.17) is 10.6 Å². The fourth-order valence-corrected chi connectivity index (χ4v) is 6.36. The largest absolute Gasteiger partial charge is 0.383 e. The molecule has 466 valence electrons. The predicted molar refractivity (Wildman–Crippen MR) is 329 cm³/mol. The van der Waals surface area contributed by atoms with Crippen molar-refractivity contribution in [3.63, 3.8) is 0 Å². The average Bonchev–Trinajstić information content (AvgIpc) is 3.38. The molecule has 0 aromatic heterocycles. The quantitative estimate of drug-likeness (QED) is 0.0302. The second-order valence-electron chi connectivity index (χ2n) is 20.8. The lowest BCUT2D eigenvalue weighted by Crippen LogP contribution is -2.34. The van der Waals surface area contributed by atoms with Crippen LogP contribution in [0.3, 0.4) is 0 Å². The molecule has 2 rings (SSSR count). The predicted octanol–water partition coefficient (Wildman–Crippen LogP) is 16.5. The molecule has 7 atom stereocenters. The molecule has 1 heterocycles. The van der Waals surface area contributed by atoms with Crippen LogP contribution in [0.1, 0.15) is 132 Å². The van der Waals surface area contributed by atoms with E-state index in [0.717, 1.165) is 12.0 Å². The van der Waals surface area contributed by atoms with Gasteiger partial charge >= 0.3 is 0 Å². The molecular formula is C57H104N10O14. The van der Waals surface area contributed by atoms with Gasteiger partial charge in [-0.05, 0) is 86.8 Å². The topological polar surface area (TPSA) is 312 Å². The Bertz CT molecular complexity index is 1840. The maximum atomic E-state index is 9.96. The number of hydrogen-bond acceptors (Lipinski definition) is 24. The fraction of sp³-hybridized carbons (Fsp3) is 0.667. The molecule has 0 bridgehead atoms. The Balaban J connectivity index is -0.000000155. The Morgan fingerprint density at radius 3 is 1.46 bits per heavy atom. The third kappa shape index (κ3) is 49.5. The molecule has 0 aromatic carbocycles. The molecule has 0 aromatic rings. The van der Waals surface area contributed by atoms with Gasteiger partial charge in [0.1, 0.15) is 37.1 Å². The number of rotatable bonds is 30. The third-order valence-electron chi connectivity index (χ3n) is 11.2. The fourth-order valence-electron chi connectivity index (χ4n) is 6.36. The van der Waals surface area contributed by atoms with Crippen LogP contribution < -0.4 is 5.73 Å². The molecule has 2 aliphatic rings. The molecule has 24 heteroatoms. The van der Waals surface area contributed by atoms with Crippen LogP contribution in [0.25, 0.3) is 0 Å². The van der Waals surface area contributed by atoms with Gasteiger partial charge in [-0.25, -0.2) is 4.99 Å². The van der Waals surface area contributed by atoms with Gasteiger partial charge in [0.15, 0.2) is 55.7 Å². The van der Waals surface area contributed by atoms with Gasteiger partial charge in [0.05, 0.1) is 0 Å². The Hall–Kier alpha value is -7.27. The number of nitrogens with zero attached hydrogens (tertiary/aromatic N) is 9. The summed E-state index contributed by atoms with van der Waals surface area (Å²) in [4.78, 5) is 104. The Labute approximate surface area is 484 Å². The summed E-state index contributed by atoms with van der Waals surface area (Å²) in [6, 6.07) is 0. The summed E-state index contributed by atoms with van der Waals surface area (Å²) < 4.78 is 0. The van der Waals surface area contributed by atoms with E-state index in [1.54, 1.807) is 30.4 Å². The van der Waals surface area contributed by atoms with Gasteiger partial charge in [-0.1, -0.05) is 161 Å². The lowest BCUT2D eigenvalue weighted by Gasteiger charge is -2.31. The van der Waals surface area contributed by atoms with Gasteiger partial charge in [0.25, 0.3) is 0 Å². The number of hydrogen-bond donors (Lipinski definition) is 1. The van der Waals surface area contributed by atoms with E-state index in [2.05, 4.69) is 152 Å². The molecule has 0 fully saturated rings. The first-order valence-corrected chi connectivity index (χ1v) is 26.2. The summed E-state index contributed by atoms with van der Waals surface area (Å²) >= 11 is 0. The van der Waals surface area contributed by atoms with Crippen molar-refractivity contribution in [1.29, 1.82) is 0 Å². The van der Waals surface area contributed by atoms with Gasteiger partial charge in [0.2, 0.25) is 0 Å². The highest BCUT2D eigenvalue weighted by atomic mass is 16.7. The number of allylic oxidation sites excluding steroid dienone is 2.